The van der Waals surface area contributed by atoms with Crippen LogP contribution in [-0.4, -0.2) is 50.7 Å². The number of amides is 2. The second kappa shape index (κ2) is 9.97. The Bertz CT molecular complexity index is 1520. The fourth-order valence-corrected chi connectivity index (χ4v) is 5.04. The van der Waals surface area contributed by atoms with Crippen molar-refractivity contribution in [1.82, 2.24) is 24.6 Å². The summed E-state index contributed by atoms with van der Waals surface area (Å²) < 4.78 is 3.28. The standard InChI is InChI=1S/C28H31N5O3/c1-19-10-11-20(2)21(15-19)17-32-24-8-4-3-7-22(24)23-16-30-33(28(36)27(23)32)18-25(34)29-12-6-14-31-13-5-9-26(31)35/h3-4,7-8,10-11,15-16H,5-6,9,12-14,17-18H2,1-2H3,(H,29,34). The largest absolute Gasteiger partial charge is 0.354 e. The maximum absolute atomic E-state index is 13.6. The third-order valence-electron chi connectivity index (χ3n) is 7.00. The topological polar surface area (TPSA) is 89.2 Å². The van der Waals surface area contributed by atoms with E-state index in [0.717, 1.165) is 40.4 Å². The van der Waals surface area contributed by atoms with Crippen molar-refractivity contribution in [3.05, 3.63) is 75.7 Å². The van der Waals surface area contributed by atoms with Gasteiger partial charge in [-0.05, 0) is 43.9 Å². The van der Waals surface area contributed by atoms with Crippen molar-refractivity contribution in [2.45, 2.75) is 46.2 Å². The minimum Gasteiger partial charge on any atom is -0.354 e. The fraction of sp³-hybridized carbons (Fsp3) is 0.357. The number of fused-ring (bicyclic) bond motifs is 3. The van der Waals surface area contributed by atoms with Gasteiger partial charge in [0.05, 0.1) is 6.20 Å². The zero-order chi connectivity index (χ0) is 25.2. The van der Waals surface area contributed by atoms with Crippen LogP contribution in [0.4, 0.5) is 0 Å². The highest BCUT2D eigenvalue weighted by atomic mass is 16.2. The lowest BCUT2D eigenvalue weighted by atomic mass is 10.1. The highest BCUT2D eigenvalue weighted by Crippen LogP contribution is 2.27. The molecule has 2 aromatic carbocycles. The maximum atomic E-state index is 13.6. The summed E-state index contributed by atoms with van der Waals surface area (Å²) in [5.74, 6) is -0.0875. The van der Waals surface area contributed by atoms with Gasteiger partial charge >= 0.3 is 0 Å². The smallest absolute Gasteiger partial charge is 0.291 e. The van der Waals surface area contributed by atoms with Crippen molar-refractivity contribution in [3.63, 3.8) is 0 Å². The lowest BCUT2D eigenvalue weighted by molar-refractivity contribution is -0.127. The van der Waals surface area contributed by atoms with E-state index >= 15 is 0 Å². The molecule has 3 heterocycles. The molecule has 1 saturated heterocycles. The quantitative estimate of drug-likeness (QED) is 0.388. The molecule has 1 aliphatic rings. The Labute approximate surface area is 209 Å². The van der Waals surface area contributed by atoms with Crippen LogP contribution in [0.3, 0.4) is 0 Å². The van der Waals surface area contributed by atoms with Crippen LogP contribution in [0.2, 0.25) is 0 Å². The van der Waals surface area contributed by atoms with Crippen molar-refractivity contribution in [2.75, 3.05) is 19.6 Å². The van der Waals surface area contributed by atoms with Gasteiger partial charge in [0.15, 0.2) is 0 Å². The monoisotopic (exact) mass is 485 g/mol. The summed E-state index contributed by atoms with van der Waals surface area (Å²) in [6.45, 7) is 6.43. The highest BCUT2D eigenvalue weighted by Gasteiger charge is 2.20. The van der Waals surface area contributed by atoms with Gasteiger partial charge in [-0.1, -0.05) is 42.0 Å². The molecule has 2 aromatic heterocycles. The average molecular weight is 486 g/mol. The van der Waals surface area contributed by atoms with E-state index in [1.165, 1.54) is 10.2 Å². The van der Waals surface area contributed by atoms with E-state index in [4.69, 9.17) is 0 Å². The van der Waals surface area contributed by atoms with Crippen LogP contribution in [0.15, 0.2) is 53.5 Å². The van der Waals surface area contributed by atoms with Crippen molar-refractivity contribution in [2.24, 2.45) is 0 Å². The fourth-order valence-electron chi connectivity index (χ4n) is 5.04. The van der Waals surface area contributed by atoms with Gasteiger partial charge in [0.1, 0.15) is 12.1 Å². The summed E-state index contributed by atoms with van der Waals surface area (Å²) in [6, 6.07) is 14.3. The molecule has 4 aromatic rings. The van der Waals surface area contributed by atoms with E-state index in [9.17, 15) is 14.4 Å². The van der Waals surface area contributed by atoms with Gasteiger partial charge in [0.25, 0.3) is 5.56 Å². The number of likely N-dealkylation sites (tertiary alicyclic amines) is 1. The number of carbonyl (C=O) groups is 2. The molecule has 0 saturated carbocycles. The van der Waals surface area contributed by atoms with E-state index < -0.39 is 0 Å². The number of rotatable bonds is 8. The van der Waals surface area contributed by atoms with Gasteiger partial charge in [0, 0.05) is 48.9 Å². The molecule has 5 rings (SSSR count). The normalized spacial score (nSPS) is 13.7. The number of para-hydroxylation sites is 1. The molecule has 1 aliphatic heterocycles. The minimum absolute atomic E-state index is 0.150. The van der Waals surface area contributed by atoms with Crippen LogP contribution < -0.4 is 10.9 Å². The molecule has 0 spiro atoms. The van der Waals surface area contributed by atoms with E-state index in [-0.39, 0.29) is 23.9 Å². The highest BCUT2D eigenvalue weighted by molar-refractivity contribution is 6.07. The molecule has 8 nitrogen and oxygen atoms in total. The number of aromatic nitrogens is 3. The van der Waals surface area contributed by atoms with Crippen LogP contribution in [0, 0.1) is 13.8 Å². The van der Waals surface area contributed by atoms with Crippen LogP contribution in [-0.2, 0) is 22.7 Å². The number of hydrogen-bond acceptors (Lipinski definition) is 4. The van der Waals surface area contributed by atoms with Crippen molar-refractivity contribution in [3.8, 4) is 0 Å². The number of nitrogens with one attached hydrogen (secondary N) is 1. The average Bonchev–Trinajstić information content (AvgIpc) is 3.42. The molecule has 0 unspecified atom stereocenters. The molecule has 36 heavy (non-hydrogen) atoms. The molecule has 2 amide bonds. The molecule has 1 fully saturated rings. The predicted molar refractivity (Wildman–Crippen MR) is 140 cm³/mol. The number of carbonyl (C=O) groups excluding carboxylic acids is 2. The number of benzene rings is 2. The van der Waals surface area contributed by atoms with Gasteiger partial charge in [-0.25, -0.2) is 4.68 Å². The van der Waals surface area contributed by atoms with Crippen molar-refractivity contribution in [1.29, 1.82) is 0 Å². The number of aryl methyl sites for hydroxylation is 2. The first-order valence-corrected chi connectivity index (χ1v) is 12.5. The molecule has 0 bridgehead atoms. The summed E-state index contributed by atoms with van der Waals surface area (Å²) in [7, 11) is 0. The summed E-state index contributed by atoms with van der Waals surface area (Å²) in [6.07, 6.45) is 3.89. The Kier molecular flexibility index (Phi) is 6.59. The first kappa shape index (κ1) is 23.8. The minimum atomic E-state index is -0.285. The van der Waals surface area contributed by atoms with Gasteiger partial charge in [-0.15, -0.1) is 0 Å². The van der Waals surface area contributed by atoms with E-state index in [1.54, 1.807) is 6.20 Å². The lowest BCUT2D eigenvalue weighted by Crippen LogP contribution is -2.35. The van der Waals surface area contributed by atoms with Crippen LogP contribution in [0.25, 0.3) is 21.8 Å². The lowest BCUT2D eigenvalue weighted by Gasteiger charge is -2.15. The number of nitrogens with zero attached hydrogens (tertiary/aromatic N) is 4. The van der Waals surface area contributed by atoms with Crippen LogP contribution in [0.5, 0.6) is 0 Å². The molecule has 0 atom stereocenters. The Hall–Kier alpha value is -3.94. The van der Waals surface area contributed by atoms with Crippen LogP contribution >= 0.6 is 0 Å². The van der Waals surface area contributed by atoms with Gasteiger partial charge < -0.3 is 14.8 Å². The summed E-state index contributed by atoms with van der Waals surface area (Å²) >= 11 is 0. The van der Waals surface area contributed by atoms with Gasteiger partial charge in [-0.3, -0.25) is 14.4 Å². The second-order valence-electron chi connectivity index (χ2n) is 9.59. The molecule has 186 valence electrons. The van der Waals surface area contributed by atoms with Crippen molar-refractivity contribution >= 4 is 33.6 Å². The molecule has 8 heteroatoms. The second-order valence-corrected chi connectivity index (χ2v) is 9.59. The number of hydrogen-bond donors (Lipinski definition) is 1. The molecule has 0 radical (unpaired) electrons. The molecular formula is C28H31N5O3. The summed E-state index contributed by atoms with van der Waals surface area (Å²) in [5.41, 5.74) is 4.71. The Morgan fingerprint density at radius 2 is 1.92 bits per heavy atom. The van der Waals surface area contributed by atoms with E-state index in [2.05, 4.69) is 42.5 Å². The predicted octanol–water partition coefficient (Wildman–Crippen LogP) is 3.15. The zero-order valence-corrected chi connectivity index (χ0v) is 20.8. The first-order valence-electron chi connectivity index (χ1n) is 12.5. The third kappa shape index (κ3) is 4.63. The molecule has 0 aliphatic carbocycles. The Morgan fingerprint density at radius 1 is 1.08 bits per heavy atom. The Balaban J connectivity index is 1.39. The summed E-state index contributed by atoms with van der Waals surface area (Å²) in [4.78, 5) is 39.7. The van der Waals surface area contributed by atoms with Crippen molar-refractivity contribution < 1.29 is 9.59 Å². The molecular weight excluding hydrogens is 454 g/mol. The third-order valence-corrected chi connectivity index (χ3v) is 7.00. The SMILES string of the molecule is Cc1ccc(C)c(Cn2c3ccccc3c3cnn(CC(=O)NCCCN4CCCC4=O)c(=O)c32)c1. The van der Waals surface area contributed by atoms with E-state index in [1.807, 2.05) is 33.7 Å². The van der Waals surface area contributed by atoms with E-state index in [0.29, 0.717) is 38.0 Å². The van der Waals surface area contributed by atoms with Gasteiger partial charge in [-0.2, -0.15) is 5.10 Å². The summed E-state index contributed by atoms with van der Waals surface area (Å²) in [5, 5.41) is 8.94. The first-order chi connectivity index (χ1) is 17.4. The zero-order valence-electron chi connectivity index (χ0n) is 20.8. The van der Waals surface area contributed by atoms with Gasteiger partial charge in [0.2, 0.25) is 11.8 Å². The Morgan fingerprint density at radius 3 is 2.72 bits per heavy atom. The van der Waals surface area contributed by atoms with Crippen LogP contribution in [0.1, 0.15) is 36.0 Å². The molecule has 1 N–H and O–H groups in total. The maximum Gasteiger partial charge on any atom is 0.291 e.